The molecule has 0 aliphatic carbocycles. The van der Waals surface area contributed by atoms with Gasteiger partial charge in [0.1, 0.15) is 17.4 Å². The van der Waals surface area contributed by atoms with Gasteiger partial charge in [0.2, 0.25) is 0 Å². The molecule has 0 saturated carbocycles. The third-order valence-electron chi connectivity index (χ3n) is 2.74. The lowest BCUT2D eigenvalue weighted by molar-refractivity contribution is -0.137. The molecular formula is C14H7F5O2. The second-order valence-electron chi connectivity index (χ2n) is 4.18. The first-order chi connectivity index (χ1) is 9.70. The van der Waals surface area contributed by atoms with E-state index in [1.165, 1.54) is 0 Å². The predicted molar refractivity (Wildman–Crippen MR) is 62.9 cm³/mol. The molecule has 0 fully saturated rings. The number of rotatable bonds is 2. The van der Waals surface area contributed by atoms with E-state index in [4.69, 9.17) is 0 Å². The zero-order chi connectivity index (χ0) is 15.8. The lowest BCUT2D eigenvalue weighted by Crippen LogP contribution is -2.09. The quantitative estimate of drug-likeness (QED) is 0.674. The summed E-state index contributed by atoms with van der Waals surface area (Å²) in [6, 6.07) is 3.72. The zero-order valence-corrected chi connectivity index (χ0v) is 10.2. The van der Waals surface area contributed by atoms with Crippen LogP contribution in [0.5, 0.6) is 5.75 Å². The standard InChI is InChI=1S/C14H7F5O2/c15-8-2-3-9(11(16)6-8)13(21)10-5-7(14(17,18)19)1-4-12(10)20/h1-6,20H. The number of hydrogen-bond donors (Lipinski definition) is 1. The third kappa shape index (κ3) is 3.01. The van der Waals surface area contributed by atoms with Crippen molar-refractivity contribution in [1.29, 1.82) is 0 Å². The molecule has 0 unspecified atom stereocenters. The Morgan fingerprint density at radius 1 is 0.952 bits per heavy atom. The Morgan fingerprint density at radius 3 is 2.19 bits per heavy atom. The highest BCUT2D eigenvalue weighted by Crippen LogP contribution is 2.33. The highest BCUT2D eigenvalue weighted by molar-refractivity contribution is 6.10. The summed E-state index contributed by atoms with van der Waals surface area (Å²) in [5, 5.41) is 9.49. The second-order valence-corrected chi connectivity index (χ2v) is 4.18. The molecule has 0 aromatic heterocycles. The maximum absolute atomic E-state index is 13.5. The maximum Gasteiger partial charge on any atom is 0.416 e. The van der Waals surface area contributed by atoms with Gasteiger partial charge < -0.3 is 5.11 Å². The number of phenols is 1. The van der Waals surface area contributed by atoms with Crippen LogP contribution in [-0.2, 0) is 6.18 Å². The molecule has 0 bridgehead atoms. The average Bonchev–Trinajstić information content (AvgIpc) is 2.37. The maximum atomic E-state index is 13.5. The first kappa shape index (κ1) is 15.0. The molecule has 0 amide bonds. The molecule has 7 heteroatoms. The molecule has 0 atom stereocenters. The fourth-order valence-corrected chi connectivity index (χ4v) is 1.71. The number of alkyl halides is 3. The summed E-state index contributed by atoms with van der Waals surface area (Å²) in [4.78, 5) is 12.0. The van der Waals surface area contributed by atoms with Gasteiger partial charge in [-0.25, -0.2) is 8.78 Å². The summed E-state index contributed by atoms with van der Waals surface area (Å²) in [5.41, 5.74) is -2.51. The van der Waals surface area contributed by atoms with Crippen molar-refractivity contribution in [2.45, 2.75) is 6.18 Å². The topological polar surface area (TPSA) is 37.3 Å². The van der Waals surface area contributed by atoms with E-state index in [1.807, 2.05) is 0 Å². The van der Waals surface area contributed by atoms with Gasteiger partial charge in [-0.1, -0.05) is 0 Å². The molecular weight excluding hydrogens is 295 g/mol. The van der Waals surface area contributed by atoms with Crippen LogP contribution >= 0.6 is 0 Å². The predicted octanol–water partition coefficient (Wildman–Crippen LogP) is 3.92. The fraction of sp³-hybridized carbons (Fsp3) is 0.0714. The molecule has 2 aromatic rings. The van der Waals surface area contributed by atoms with Crippen LogP contribution in [0.3, 0.4) is 0 Å². The summed E-state index contributed by atoms with van der Waals surface area (Å²) >= 11 is 0. The summed E-state index contributed by atoms with van der Waals surface area (Å²) in [5.74, 6) is -4.05. The number of aromatic hydroxyl groups is 1. The van der Waals surface area contributed by atoms with Crippen LogP contribution in [-0.4, -0.2) is 10.9 Å². The van der Waals surface area contributed by atoms with E-state index in [2.05, 4.69) is 0 Å². The molecule has 2 rings (SSSR count). The normalized spacial score (nSPS) is 11.5. The molecule has 2 aromatic carbocycles. The summed E-state index contributed by atoms with van der Waals surface area (Å²) in [6.45, 7) is 0. The van der Waals surface area contributed by atoms with Crippen LogP contribution in [0.15, 0.2) is 36.4 Å². The van der Waals surface area contributed by atoms with Gasteiger partial charge in [0.05, 0.1) is 16.7 Å². The largest absolute Gasteiger partial charge is 0.507 e. The van der Waals surface area contributed by atoms with Crippen molar-refractivity contribution in [3.63, 3.8) is 0 Å². The van der Waals surface area contributed by atoms with Crippen molar-refractivity contribution < 1.29 is 31.9 Å². The minimum Gasteiger partial charge on any atom is -0.507 e. The SMILES string of the molecule is O=C(c1cc(C(F)(F)F)ccc1O)c1ccc(F)cc1F. The molecule has 1 N–H and O–H groups in total. The summed E-state index contributed by atoms with van der Waals surface area (Å²) in [7, 11) is 0. The first-order valence-corrected chi connectivity index (χ1v) is 5.60. The van der Waals surface area contributed by atoms with Crippen molar-refractivity contribution >= 4 is 5.78 Å². The average molecular weight is 302 g/mol. The molecule has 0 aliphatic rings. The Hall–Kier alpha value is -2.44. The summed E-state index contributed by atoms with van der Waals surface area (Å²) in [6.07, 6.45) is -4.72. The molecule has 0 radical (unpaired) electrons. The van der Waals surface area contributed by atoms with E-state index in [0.29, 0.717) is 24.3 Å². The molecule has 0 saturated heterocycles. The number of benzene rings is 2. The third-order valence-corrected chi connectivity index (χ3v) is 2.74. The Labute approximate surface area is 115 Å². The van der Waals surface area contributed by atoms with E-state index in [-0.39, 0.29) is 0 Å². The number of halogens is 5. The monoisotopic (exact) mass is 302 g/mol. The van der Waals surface area contributed by atoms with Gasteiger partial charge in [-0.2, -0.15) is 13.2 Å². The molecule has 110 valence electrons. The molecule has 21 heavy (non-hydrogen) atoms. The molecule has 0 heterocycles. The lowest BCUT2D eigenvalue weighted by atomic mass is 9.99. The van der Waals surface area contributed by atoms with Crippen molar-refractivity contribution in [3.8, 4) is 5.75 Å². The van der Waals surface area contributed by atoms with Crippen LogP contribution in [0.4, 0.5) is 22.0 Å². The Bertz CT molecular complexity index is 707. The van der Waals surface area contributed by atoms with Gasteiger partial charge in [0.15, 0.2) is 5.78 Å². The van der Waals surface area contributed by atoms with Gasteiger partial charge in [-0.3, -0.25) is 4.79 Å². The minimum atomic E-state index is -4.72. The van der Waals surface area contributed by atoms with Crippen molar-refractivity contribution in [1.82, 2.24) is 0 Å². The Kier molecular flexibility index (Phi) is 3.67. The van der Waals surface area contributed by atoms with E-state index in [9.17, 15) is 31.9 Å². The minimum absolute atomic E-state index is 0.417. The van der Waals surface area contributed by atoms with Crippen molar-refractivity contribution in [2.75, 3.05) is 0 Å². The van der Waals surface area contributed by atoms with E-state index >= 15 is 0 Å². The number of ketones is 1. The fourth-order valence-electron chi connectivity index (χ4n) is 1.71. The smallest absolute Gasteiger partial charge is 0.416 e. The highest BCUT2D eigenvalue weighted by atomic mass is 19.4. The first-order valence-electron chi connectivity index (χ1n) is 5.60. The van der Waals surface area contributed by atoms with Crippen molar-refractivity contribution in [2.24, 2.45) is 0 Å². The van der Waals surface area contributed by atoms with Gasteiger partial charge in [0, 0.05) is 6.07 Å². The van der Waals surface area contributed by atoms with Crippen molar-refractivity contribution in [3.05, 3.63) is 64.7 Å². The van der Waals surface area contributed by atoms with Crippen LogP contribution in [0, 0.1) is 11.6 Å². The van der Waals surface area contributed by atoms with Gasteiger partial charge in [-0.15, -0.1) is 0 Å². The molecule has 0 spiro atoms. The molecule has 0 aliphatic heterocycles. The van der Waals surface area contributed by atoms with Crippen LogP contribution in [0.25, 0.3) is 0 Å². The van der Waals surface area contributed by atoms with Crippen LogP contribution < -0.4 is 0 Å². The van der Waals surface area contributed by atoms with Crippen LogP contribution in [0.1, 0.15) is 21.5 Å². The van der Waals surface area contributed by atoms with E-state index in [0.717, 1.165) is 12.1 Å². The second kappa shape index (κ2) is 5.16. The number of phenolic OH excluding ortho intramolecular Hbond substituents is 1. The Morgan fingerprint density at radius 2 is 1.62 bits per heavy atom. The number of hydrogen-bond acceptors (Lipinski definition) is 2. The Balaban J connectivity index is 2.53. The van der Waals surface area contributed by atoms with E-state index in [1.54, 1.807) is 0 Å². The number of carbonyl (C=O) groups excluding carboxylic acids is 1. The summed E-state index contributed by atoms with van der Waals surface area (Å²) < 4.78 is 64.0. The van der Waals surface area contributed by atoms with E-state index < -0.39 is 46.0 Å². The highest BCUT2D eigenvalue weighted by Gasteiger charge is 2.32. The molecule has 2 nitrogen and oxygen atoms in total. The van der Waals surface area contributed by atoms with Gasteiger partial charge in [-0.05, 0) is 30.3 Å². The lowest BCUT2D eigenvalue weighted by Gasteiger charge is -2.10. The zero-order valence-electron chi connectivity index (χ0n) is 10.2. The van der Waals surface area contributed by atoms with Crippen LogP contribution in [0.2, 0.25) is 0 Å². The van der Waals surface area contributed by atoms with Gasteiger partial charge >= 0.3 is 6.18 Å². The number of carbonyl (C=O) groups is 1. The van der Waals surface area contributed by atoms with Gasteiger partial charge in [0.25, 0.3) is 0 Å².